The number of likely N-dealkylation sites (tertiary alicyclic amines) is 1. The van der Waals surface area contributed by atoms with Gasteiger partial charge < -0.3 is 20.7 Å². The molecule has 4 rings (SSSR count). The smallest absolute Gasteiger partial charge is 0.245 e. The number of benzene rings is 2. The van der Waals surface area contributed by atoms with Gasteiger partial charge in [-0.15, -0.1) is 0 Å². The molecule has 0 aromatic heterocycles. The van der Waals surface area contributed by atoms with Gasteiger partial charge in [-0.2, -0.15) is 0 Å². The van der Waals surface area contributed by atoms with Crippen molar-refractivity contribution < 1.29 is 14.3 Å². The van der Waals surface area contributed by atoms with Crippen LogP contribution < -0.4 is 15.8 Å². The summed E-state index contributed by atoms with van der Waals surface area (Å²) >= 11 is 0. The van der Waals surface area contributed by atoms with Gasteiger partial charge in [0.1, 0.15) is 17.5 Å². The fourth-order valence-electron chi connectivity index (χ4n) is 5.10. The third-order valence-electron chi connectivity index (χ3n) is 6.86. The standard InChI is InChI=1S/C27H35N3O3/c1-19(28)26(31)29-25(20-10-4-2-5-11-20)27(32)30-17-9-16-24(30)21-12-8-15-23(18-21)33-22-13-6-3-7-14-22/h3,6-8,12-15,18-20,24-25H,2,4-5,9-11,16-17,28H2,1H3,(H,29,31)/t19-,24+,25+/m1/s1. The van der Waals surface area contributed by atoms with Gasteiger partial charge in [0.25, 0.3) is 0 Å². The Morgan fingerprint density at radius 2 is 1.70 bits per heavy atom. The highest BCUT2D eigenvalue weighted by molar-refractivity contribution is 5.90. The van der Waals surface area contributed by atoms with Gasteiger partial charge in [-0.05, 0) is 68.4 Å². The first-order valence-corrected chi connectivity index (χ1v) is 12.2. The molecule has 1 saturated carbocycles. The van der Waals surface area contributed by atoms with Crippen molar-refractivity contribution in [1.29, 1.82) is 0 Å². The summed E-state index contributed by atoms with van der Waals surface area (Å²) in [6.45, 7) is 2.36. The Morgan fingerprint density at radius 1 is 0.970 bits per heavy atom. The number of amides is 2. The molecule has 33 heavy (non-hydrogen) atoms. The average molecular weight is 450 g/mol. The van der Waals surface area contributed by atoms with E-state index >= 15 is 0 Å². The summed E-state index contributed by atoms with van der Waals surface area (Å²) in [6.07, 6.45) is 7.18. The van der Waals surface area contributed by atoms with E-state index in [2.05, 4.69) is 11.4 Å². The first kappa shape index (κ1) is 23.3. The van der Waals surface area contributed by atoms with Gasteiger partial charge in [-0.3, -0.25) is 9.59 Å². The highest BCUT2D eigenvalue weighted by atomic mass is 16.5. The fraction of sp³-hybridized carbons (Fsp3) is 0.481. The average Bonchev–Trinajstić information content (AvgIpc) is 3.33. The molecule has 2 aromatic carbocycles. The van der Waals surface area contributed by atoms with Gasteiger partial charge in [-0.25, -0.2) is 0 Å². The van der Waals surface area contributed by atoms with E-state index < -0.39 is 12.1 Å². The lowest BCUT2D eigenvalue weighted by atomic mass is 9.83. The van der Waals surface area contributed by atoms with E-state index in [1.165, 1.54) is 6.42 Å². The van der Waals surface area contributed by atoms with E-state index in [1.54, 1.807) is 6.92 Å². The van der Waals surface area contributed by atoms with Crippen molar-refractivity contribution in [3.05, 3.63) is 60.2 Å². The lowest BCUT2D eigenvalue weighted by Gasteiger charge is -2.35. The van der Waals surface area contributed by atoms with Gasteiger partial charge in [0.05, 0.1) is 12.1 Å². The first-order valence-electron chi connectivity index (χ1n) is 12.2. The molecule has 2 aliphatic rings. The maximum atomic E-state index is 13.8. The quantitative estimate of drug-likeness (QED) is 0.649. The van der Waals surface area contributed by atoms with Gasteiger partial charge in [-0.1, -0.05) is 49.6 Å². The summed E-state index contributed by atoms with van der Waals surface area (Å²) in [6, 6.07) is 16.5. The highest BCUT2D eigenvalue weighted by Gasteiger charge is 2.39. The number of carbonyl (C=O) groups excluding carboxylic acids is 2. The minimum absolute atomic E-state index is 0.0184. The van der Waals surface area contributed by atoms with Crippen molar-refractivity contribution in [2.45, 2.75) is 70.0 Å². The zero-order chi connectivity index (χ0) is 23.2. The molecule has 1 aliphatic heterocycles. The summed E-state index contributed by atoms with van der Waals surface area (Å²) in [7, 11) is 0. The van der Waals surface area contributed by atoms with Crippen LogP contribution in [0.15, 0.2) is 54.6 Å². The Morgan fingerprint density at radius 3 is 2.42 bits per heavy atom. The summed E-state index contributed by atoms with van der Waals surface area (Å²) in [4.78, 5) is 28.2. The zero-order valence-electron chi connectivity index (χ0n) is 19.4. The van der Waals surface area contributed by atoms with Crippen molar-refractivity contribution >= 4 is 11.8 Å². The van der Waals surface area contributed by atoms with Gasteiger partial charge in [0.2, 0.25) is 11.8 Å². The minimum atomic E-state index is -0.634. The zero-order valence-corrected chi connectivity index (χ0v) is 19.4. The number of rotatable bonds is 7. The van der Waals surface area contributed by atoms with Gasteiger partial charge >= 0.3 is 0 Å². The Bertz CT molecular complexity index is 941. The molecule has 176 valence electrons. The van der Waals surface area contributed by atoms with Crippen LogP contribution >= 0.6 is 0 Å². The molecule has 0 unspecified atom stereocenters. The van der Waals surface area contributed by atoms with Gasteiger partial charge in [0.15, 0.2) is 0 Å². The molecule has 2 amide bonds. The lowest BCUT2D eigenvalue weighted by Crippen LogP contribution is -2.55. The Kier molecular flexibility index (Phi) is 7.65. The molecule has 0 radical (unpaired) electrons. The summed E-state index contributed by atoms with van der Waals surface area (Å²) in [5.74, 6) is 1.47. The minimum Gasteiger partial charge on any atom is -0.457 e. The summed E-state index contributed by atoms with van der Waals surface area (Å²) in [5, 5.41) is 3.00. The molecular formula is C27H35N3O3. The van der Waals surface area contributed by atoms with Crippen LogP contribution in [0.5, 0.6) is 11.5 Å². The van der Waals surface area contributed by atoms with Crippen LogP contribution in [0, 0.1) is 5.92 Å². The normalized spacial score (nSPS) is 20.8. The Labute approximate surface area is 196 Å². The highest BCUT2D eigenvalue weighted by Crippen LogP contribution is 2.36. The van der Waals surface area contributed by atoms with E-state index in [0.717, 1.165) is 55.6 Å². The number of nitrogens with one attached hydrogen (secondary N) is 1. The molecular weight excluding hydrogens is 414 g/mol. The monoisotopic (exact) mass is 449 g/mol. The van der Waals surface area contributed by atoms with Crippen molar-refractivity contribution in [1.82, 2.24) is 10.2 Å². The molecule has 1 heterocycles. The molecule has 3 N–H and O–H groups in total. The third-order valence-corrected chi connectivity index (χ3v) is 6.86. The fourth-order valence-corrected chi connectivity index (χ4v) is 5.10. The second-order valence-electron chi connectivity index (χ2n) is 9.35. The van der Waals surface area contributed by atoms with Crippen LogP contribution in [0.2, 0.25) is 0 Å². The number of hydrogen-bond acceptors (Lipinski definition) is 4. The van der Waals surface area contributed by atoms with Crippen LogP contribution in [0.3, 0.4) is 0 Å². The van der Waals surface area contributed by atoms with E-state index in [1.807, 2.05) is 53.4 Å². The van der Waals surface area contributed by atoms with E-state index in [4.69, 9.17) is 10.5 Å². The SMILES string of the molecule is C[C@@H](N)C(=O)N[C@H](C(=O)N1CCC[C@H]1c1cccc(Oc2ccccc2)c1)C1CCCCC1. The second-order valence-corrected chi connectivity index (χ2v) is 9.35. The third kappa shape index (κ3) is 5.74. The molecule has 3 atom stereocenters. The van der Waals surface area contributed by atoms with Crippen molar-refractivity contribution in [3.63, 3.8) is 0 Å². The lowest BCUT2D eigenvalue weighted by molar-refractivity contribution is -0.139. The van der Waals surface area contributed by atoms with Crippen LogP contribution in [-0.2, 0) is 9.59 Å². The molecule has 6 heteroatoms. The largest absolute Gasteiger partial charge is 0.457 e. The molecule has 1 aliphatic carbocycles. The van der Waals surface area contributed by atoms with Crippen molar-refractivity contribution in [2.24, 2.45) is 11.7 Å². The first-order chi connectivity index (χ1) is 16.0. The molecule has 0 bridgehead atoms. The Hall–Kier alpha value is -2.86. The molecule has 0 spiro atoms. The van der Waals surface area contributed by atoms with Crippen LogP contribution in [0.4, 0.5) is 0 Å². The van der Waals surface area contributed by atoms with E-state index in [9.17, 15) is 9.59 Å². The second kappa shape index (κ2) is 10.8. The summed E-state index contributed by atoms with van der Waals surface area (Å²) < 4.78 is 6.02. The number of hydrogen-bond donors (Lipinski definition) is 2. The van der Waals surface area contributed by atoms with E-state index in [0.29, 0.717) is 6.54 Å². The van der Waals surface area contributed by atoms with Crippen LogP contribution in [0.1, 0.15) is 63.5 Å². The van der Waals surface area contributed by atoms with Crippen molar-refractivity contribution in [2.75, 3.05) is 6.54 Å². The van der Waals surface area contributed by atoms with Crippen molar-refractivity contribution in [3.8, 4) is 11.5 Å². The molecule has 1 saturated heterocycles. The number of nitrogens with two attached hydrogens (primary N) is 1. The van der Waals surface area contributed by atoms with Crippen LogP contribution in [-0.4, -0.2) is 35.3 Å². The number of carbonyl (C=O) groups is 2. The van der Waals surface area contributed by atoms with Crippen LogP contribution in [0.25, 0.3) is 0 Å². The maximum absolute atomic E-state index is 13.8. The van der Waals surface area contributed by atoms with Gasteiger partial charge in [0, 0.05) is 6.54 Å². The predicted molar refractivity (Wildman–Crippen MR) is 129 cm³/mol. The molecule has 6 nitrogen and oxygen atoms in total. The molecule has 2 fully saturated rings. The topological polar surface area (TPSA) is 84.7 Å². The summed E-state index contributed by atoms with van der Waals surface area (Å²) in [5.41, 5.74) is 6.88. The Balaban J connectivity index is 1.53. The number of ether oxygens (including phenoxy) is 1. The maximum Gasteiger partial charge on any atom is 0.245 e. The van der Waals surface area contributed by atoms with E-state index in [-0.39, 0.29) is 23.8 Å². The number of para-hydroxylation sites is 1. The molecule has 2 aromatic rings. The predicted octanol–water partition coefficient (Wildman–Crippen LogP) is 4.55. The number of nitrogens with zero attached hydrogens (tertiary/aromatic N) is 1.